The zero-order valence-corrected chi connectivity index (χ0v) is 14.0. The van der Waals surface area contributed by atoms with E-state index in [1.807, 2.05) is 17.9 Å². The van der Waals surface area contributed by atoms with Gasteiger partial charge in [0.05, 0.1) is 5.69 Å². The molecule has 3 heterocycles. The molecular weight excluding hydrogens is 306 g/mol. The van der Waals surface area contributed by atoms with Crippen molar-refractivity contribution >= 4 is 28.5 Å². The normalized spacial score (nSPS) is 21.0. The summed E-state index contributed by atoms with van der Waals surface area (Å²) in [6, 6.07) is 1.97. The maximum absolute atomic E-state index is 12.0. The summed E-state index contributed by atoms with van der Waals surface area (Å²) in [5.74, 6) is 0.436. The number of nitrogens with one attached hydrogen (secondary N) is 3. The Morgan fingerprint density at radius 1 is 1.54 bits per heavy atom. The Balaban J connectivity index is 1.93. The lowest BCUT2D eigenvalue weighted by molar-refractivity contribution is -0.132. The fraction of sp³-hybridized carbons (Fsp3) is 0.500. The molecule has 1 fully saturated rings. The van der Waals surface area contributed by atoms with Gasteiger partial charge in [0.15, 0.2) is 11.3 Å². The van der Waals surface area contributed by atoms with Gasteiger partial charge in [0, 0.05) is 37.1 Å². The molecule has 24 heavy (non-hydrogen) atoms. The summed E-state index contributed by atoms with van der Waals surface area (Å²) in [5.41, 5.74) is 7.37. The van der Waals surface area contributed by atoms with Gasteiger partial charge in [-0.2, -0.15) is 0 Å². The number of H-pyrrole nitrogens is 1. The second kappa shape index (κ2) is 6.46. The first-order valence-corrected chi connectivity index (χ1v) is 8.23. The zero-order chi connectivity index (χ0) is 17.3. The number of nitrogen functional groups attached to an aromatic ring is 1. The lowest BCUT2D eigenvalue weighted by atomic mass is 9.92. The van der Waals surface area contributed by atoms with E-state index in [1.54, 1.807) is 6.20 Å². The van der Waals surface area contributed by atoms with Gasteiger partial charge in [-0.05, 0) is 18.4 Å². The van der Waals surface area contributed by atoms with Crippen molar-refractivity contribution in [2.45, 2.75) is 32.7 Å². The van der Waals surface area contributed by atoms with Crippen molar-refractivity contribution in [1.82, 2.24) is 20.1 Å². The van der Waals surface area contributed by atoms with Gasteiger partial charge in [0.25, 0.3) is 0 Å². The van der Waals surface area contributed by atoms with Crippen LogP contribution in [0.1, 0.15) is 32.4 Å². The van der Waals surface area contributed by atoms with E-state index in [-0.39, 0.29) is 17.8 Å². The molecule has 0 bridgehead atoms. The summed E-state index contributed by atoms with van der Waals surface area (Å²) in [4.78, 5) is 17.0. The van der Waals surface area contributed by atoms with E-state index in [0.717, 1.165) is 18.4 Å². The largest absolute Gasteiger partial charge is 0.382 e. The van der Waals surface area contributed by atoms with Crippen molar-refractivity contribution in [3.63, 3.8) is 0 Å². The number of aromatic nitrogens is 3. The van der Waals surface area contributed by atoms with Gasteiger partial charge < -0.3 is 20.9 Å². The maximum atomic E-state index is 12.0. The summed E-state index contributed by atoms with van der Waals surface area (Å²) in [7, 11) is 0. The van der Waals surface area contributed by atoms with Crippen LogP contribution in [-0.2, 0) is 4.79 Å². The number of likely N-dealkylation sites (tertiary alicyclic amines) is 1. The van der Waals surface area contributed by atoms with E-state index < -0.39 is 0 Å². The number of amides is 1. The third-order valence-electron chi connectivity index (χ3n) is 4.68. The van der Waals surface area contributed by atoms with E-state index in [1.165, 1.54) is 0 Å². The molecule has 5 N–H and O–H groups in total. The molecule has 0 aromatic carbocycles. The first-order chi connectivity index (χ1) is 11.5. The number of anilines is 1. The number of aromatic amines is 1. The number of carbonyl (C=O) groups excluding carboxylic acids is 1. The Hall–Kier alpha value is -2.64. The van der Waals surface area contributed by atoms with Crippen molar-refractivity contribution in [2.24, 2.45) is 11.7 Å². The van der Waals surface area contributed by atoms with E-state index in [2.05, 4.69) is 27.4 Å². The second-order valence-electron chi connectivity index (χ2n) is 6.29. The molecule has 1 amide bonds. The van der Waals surface area contributed by atoms with E-state index >= 15 is 0 Å². The summed E-state index contributed by atoms with van der Waals surface area (Å²) < 4.78 is 0. The first kappa shape index (κ1) is 16.2. The average Bonchev–Trinajstić information content (AvgIpc) is 3.05. The minimum absolute atomic E-state index is 0.0784. The van der Waals surface area contributed by atoms with Crippen molar-refractivity contribution in [1.29, 1.82) is 5.41 Å². The molecule has 0 saturated carbocycles. The van der Waals surface area contributed by atoms with E-state index in [0.29, 0.717) is 35.9 Å². The highest BCUT2D eigenvalue weighted by Crippen LogP contribution is 2.28. The minimum atomic E-state index is -0.127. The zero-order valence-electron chi connectivity index (χ0n) is 14.0. The number of piperidine rings is 1. The maximum Gasteiger partial charge on any atom is 0.222 e. The molecule has 128 valence electrons. The Bertz CT molecular complexity index is 769. The smallest absolute Gasteiger partial charge is 0.222 e. The molecule has 1 aliphatic rings. The average molecular weight is 329 g/mol. The fourth-order valence-electron chi connectivity index (χ4n) is 3.15. The molecule has 0 aliphatic carbocycles. The quantitative estimate of drug-likeness (QED) is 0.497. The molecule has 0 radical (unpaired) electrons. The molecule has 2 unspecified atom stereocenters. The second-order valence-corrected chi connectivity index (χ2v) is 6.29. The predicted octanol–water partition coefficient (Wildman–Crippen LogP) is 1.30. The van der Waals surface area contributed by atoms with Crippen LogP contribution < -0.4 is 11.1 Å². The van der Waals surface area contributed by atoms with Crippen LogP contribution in [0, 0.1) is 11.3 Å². The van der Waals surface area contributed by atoms with Crippen LogP contribution in [0.5, 0.6) is 0 Å². The molecule has 0 spiro atoms. The summed E-state index contributed by atoms with van der Waals surface area (Å²) in [6.07, 6.45) is 3.23. The summed E-state index contributed by atoms with van der Waals surface area (Å²) in [6.45, 7) is 5.48. The SMILES string of the molecule is CCC(=O)N1CCC(C)C(Nc2c(C(=N)N)nnc3[nH]ccc23)C1. The molecule has 2 aromatic rings. The third-order valence-corrected chi connectivity index (χ3v) is 4.68. The molecule has 8 nitrogen and oxygen atoms in total. The van der Waals surface area contributed by atoms with Gasteiger partial charge in [-0.15, -0.1) is 10.2 Å². The Kier molecular flexibility index (Phi) is 4.37. The Morgan fingerprint density at radius 3 is 3.04 bits per heavy atom. The van der Waals surface area contributed by atoms with Crippen LogP contribution >= 0.6 is 0 Å². The minimum Gasteiger partial charge on any atom is -0.382 e. The topological polar surface area (TPSA) is 124 Å². The van der Waals surface area contributed by atoms with Crippen LogP contribution in [-0.4, -0.2) is 51.0 Å². The lowest BCUT2D eigenvalue weighted by Crippen LogP contribution is -2.49. The highest BCUT2D eigenvalue weighted by molar-refractivity contribution is 6.05. The van der Waals surface area contributed by atoms with E-state index in [9.17, 15) is 4.79 Å². The third kappa shape index (κ3) is 2.91. The van der Waals surface area contributed by atoms with Crippen LogP contribution in [0.15, 0.2) is 12.3 Å². The number of carbonyl (C=O) groups is 1. The van der Waals surface area contributed by atoms with Gasteiger partial charge in [0.1, 0.15) is 5.84 Å². The van der Waals surface area contributed by atoms with Crippen LogP contribution in [0.25, 0.3) is 11.0 Å². The number of nitrogens with zero attached hydrogens (tertiary/aromatic N) is 3. The lowest BCUT2D eigenvalue weighted by Gasteiger charge is -2.38. The highest BCUT2D eigenvalue weighted by atomic mass is 16.2. The number of amidine groups is 1. The first-order valence-electron chi connectivity index (χ1n) is 8.23. The standard InChI is InChI=1S/C16H23N7O/c1-3-12(24)23-7-5-9(2)11(8-23)20-13-10-4-6-19-16(10)22-21-14(13)15(17)18/h4,6,9,11H,3,5,7-8H2,1-2H3,(H3,17,18)(H2,19,20,22). The van der Waals surface area contributed by atoms with Crippen LogP contribution in [0.4, 0.5) is 5.69 Å². The van der Waals surface area contributed by atoms with Gasteiger partial charge >= 0.3 is 0 Å². The highest BCUT2D eigenvalue weighted by Gasteiger charge is 2.29. The van der Waals surface area contributed by atoms with Crippen molar-refractivity contribution in [3.05, 3.63) is 18.0 Å². The molecular formula is C16H23N7O. The Morgan fingerprint density at radius 2 is 2.33 bits per heavy atom. The van der Waals surface area contributed by atoms with Gasteiger partial charge in [0.2, 0.25) is 5.91 Å². The van der Waals surface area contributed by atoms with Gasteiger partial charge in [-0.3, -0.25) is 10.2 Å². The van der Waals surface area contributed by atoms with Crippen molar-refractivity contribution < 1.29 is 4.79 Å². The number of fused-ring (bicyclic) bond motifs is 1. The number of rotatable bonds is 4. The van der Waals surface area contributed by atoms with Gasteiger partial charge in [-0.1, -0.05) is 13.8 Å². The molecule has 3 rings (SSSR count). The van der Waals surface area contributed by atoms with Crippen LogP contribution in [0.2, 0.25) is 0 Å². The number of hydrogen-bond donors (Lipinski definition) is 4. The number of nitrogens with two attached hydrogens (primary N) is 1. The van der Waals surface area contributed by atoms with Gasteiger partial charge in [-0.25, -0.2) is 0 Å². The van der Waals surface area contributed by atoms with Crippen molar-refractivity contribution in [2.75, 3.05) is 18.4 Å². The Labute approximate surface area is 140 Å². The summed E-state index contributed by atoms with van der Waals surface area (Å²) >= 11 is 0. The fourth-order valence-corrected chi connectivity index (χ4v) is 3.15. The summed E-state index contributed by atoms with van der Waals surface area (Å²) in [5, 5.41) is 20.2. The monoisotopic (exact) mass is 329 g/mol. The molecule has 8 heteroatoms. The molecule has 1 aliphatic heterocycles. The molecule has 1 saturated heterocycles. The predicted molar refractivity (Wildman–Crippen MR) is 93.0 cm³/mol. The van der Waals surface area contributed by atoms with Crippen LogP contribution in [0.3, 0.4) is 0 Å². The van der Waals surface area contributed by atoms with E-state index in [4.69, 9.17) is 11.1 Å². The molecule has 2 aromatic heterocycles. The van der Waals surface area contributed by atoms with Crippen molar-refractivity contribution in [3.8, 4) is 0 Å². The molecule has 2 atom stereocenters. The number of hydrogen-bond acceptors (Lipinski definition) is 5.